The number of ether oxygens (including phenoxy) is 2. The van der Waals surface area contributed by atoms with Crippen LogP contribution in [0.5, 0.6) is 0 Å². The third-order valence-electron chi connectivity index (χ3n) is 2.11. The van der Waals surface area contributed by atoms with Gasteiger partial charge in [0, 0.05) is 0 Å². The van der Waals surface area contributed by atoms with Crippen molar-refractivity contribution in [1.82, 2.24) is 0 Å². The highest BCUT2D eigenvalue weighted by atomic mass is 16.8. The maximum atomic E-state index is 9.39. The van der Waals surface area contributed by atoms with Crippen LogP contribution in [0, 0.1) is 0 Å². The van der Waals surface area contributed by atoms with Crippen LogP contribution in [-0.4, -0.2) is 40.4 Å². The van der Waals surface area contributed by atoms with E-state index in [0.717, 1.165) is 0 Å². The second kappa shape index (κ2) is 3.53. The summed E-state index contributed by atoms with van der Waals surface area (Å²) in [5, 5.41) is 18.8. The van der Waals surface area contributed by atoms with Crippen LogP contribution in [0.15, 0.2) is 0 Å². The van der Waals surface area contributed by atoms with Crippen LogP contribution in [0.4, 0.5) is 0 Å². The molecule has 0 radical (unpaired) electrons. The molecule has 0 aliphatic carbocycles. The summed E-state index contributed by atoms with van der Waals surface area (Å²) in [6.07, 6.45) is -2.17. The average Bonchev–Trinajstić information content (AvgIpc) is 2.26. The third-order valence-corrected chi connectivity index (χ3v) is 2.11. The van der Waals surface area contributed by atoms with Crippen LogP contribution in [0.2, 0.25) is 0 Å². The van der Waals surface area contributed by atoms with Gasteiger partial charge in [0.1, 0.15) is 12.2 Å². The summed E-state index contributed by atoms with van der Waals surface area (Å²) in [7, 11) is 0. The van der Waals surface area contributed by atoms with Gasteiger partial charge in [-0.25, -0.2) is 0 Å². The molecule has 1 heterocycles. The van der Waals surface area contributed by atoms with Crippen LogP contribution >= 0.6 is 0 Å². The molecule has 0 aromatic rings. The monoisotopic (exact) mass is 190 g/mol. The molecule has 13 heavy (non-hydrogen) atoms. The number of rotatable bonds is 2. The van der Waals surface area contributed by atoms with E-state index in [0.29, 0.717) is 0 Å². The Balaban J connectivity index is 2.71. The molecule has 1 rings (SSSR count). The highest BCUT2D eigenvalue weighted by molar-refractivity contribution is 4.87. The molecule has 4 heteroatoms. The summed E-state index contributed by atoms with van der Waals surface area (Å²) in [5.74, 6) is -0.719. The molecule has 4 atom stereocenters. The zero-order valence-electron chi connectivity index (χ0n) is 8.52. The van der Waals surface area contributed by atoms with Crippen molar-refractivity contribution >= 4 is 0 Å². The summed E-state index contributed by atoms with van der Waals surface area (Å²) >= 11 is 0. The Bertz CT molecular complexity index is 158. The van der Waals surface area contributed by atoms with Crippen molar-refractivity contribution in [2.24, 2.45) is 0 Å². The minimum absolute atomic E-state index is 0.449. The highest BCUT2D eigenvalue weighted by Gasteiger charge is 2.45. The molecule has 0 aromatic heterocycles. The Morgan fingerprint density at radius 1 is 1.00 bits per heavy atom. The van der Waals surface area contributed by atoms with Crippen molar-refractivity contribution in [3.05, 3.63) is 0 Å². The Morgan fingerprint density at radius 3 is 1.54 bits per heavy atom. The normalized spacial score (nSPS) is 37.4. The predicted molar refractivity (Wildman–Crippen MR) is 47.2 cm³/mol. The summed E-state index contributed by atoms with van der Waals surface area (Å²) in [5.41, 5.74) is 0. The molecule has 0 spiro atoms. The van der Waals surface area contributed by atoms with Gasteiger partial charge in [0.05, 0.1) is 12.2 Å². The van der Waals surface area contributed by atoms with Gasteiger partial charge in [-0.05, 0) is 27.7 Å². The highest BCUT2D eigenvalue weighted by Crippen LogP contribution is 2.31. The fraction of sp³-hybridized carbons (Fsp3) is 1.00. The molecule has 1 aliphatic rings. The molecular formula is C9H18O4. The second-order valence-electron chi connectivity index (χ2n) is 4.05. The van der Waals surface area contributed by atoms with Gasteiger partial charge in [-0.2, -0.15) is 0 Å². The first-order valence-corrected chi connectivity index (χ1v) is 4.55. The van der Waals surface area contributed by atoms with E-state index in [4.69, 9.17) is 9.47 Å². The van der Waals surface area contributed by atoms with Crippen LogP contribution in [-0.2, 0) is 9.47 Å². The lowest BCUT2D eigenvalue weighted by molar-refractivity contribution is -0.159. The maximum Gasteiger partial charge on any atom is 0.164 e. The molecule has 0 aromatic carbocycles. The van der Waals surface area contributed by atoms with Crippen molar-refractivity contribution < 1.29 is 19.7 Å². The standard InChI is InChI=1S/C9H18O4/c1-5(10)7-8(6(2)11)13-9(3,4)12-7/h5-8,10-11H,1-4H3/t5-,6-,7-,8-/m1/s1. The molecule has 78 valence electrons. The summed E-state index contributed by atoms with van der Waals surface area (Å²) in [6.45, 7) is 6.80. The van der Waals surface area contributed by atoms with Gasteiger partial charge in [-0.15, -0.1) is 0 Å². The first-order chi connectivity index (χ1) is 5.83. The van der Waals surface area contributed by atoms with E-state index >= 15 is 0 Å². The zero-order chi connectivity index (χ0) is 10.2. The number of hydrogen-bond donors (Lipinski definition) is 2. The van der Waals surface area contributed by atoms with E-state index in [9.17, 15) is 10.2 Å². The smallest absolute Gasteiger partial charge is 0.164 e. The van der Waals surface area contributed by atoms with E-state index < -0.39 is 30.2 Å². The summed E-state index contributed by atoms with van der Waals surface area (Å²) < 4.78 is 10.9. The molecule has 0 amide bonds. The van der Waals surface area contributed by atoms with Gasteiger partial charge >= 0.3 is 0 Å². The molecule has 1 saturated heterocycles. The lowest BCUT2D eigenvalue weighted by Gasteiger charge is -2.20. The van der Waals surface area contributed by atoms with E-state index in [1.807, 2.05) is 0 Å². The van der Waals surface area contributed by atoms with Crippen molar-refractivity contribution in [2.75, 3.05) is 0 Å². The SMILES string of the molecule is C[C@@H](O)[C@H]1OC(C)(C)O[C@@H]1[C@@H](C)O. The first kappa shape index (κ1) is 10.9. The molecule has 4 nitrogen and oxygen atoms in total. The van der Waals surface area contributed by atoms with Gasteiger partial charge < -0.3 is 19.7 Å². The summed E-state index contributed by atoms with van der Waals surface area (Å²) in [6, 6.07) is 0. The average molecular weight is 190 g/mol. The zero-order valence-corrected chi connectivity index (χ0v) is 8.52. The lowest BCUT2D eigenvalue weighted by Crippen LogP contribution is -2.39. The fourth-order valence-corrected chi connectivity index (χ4v) is 1.56. The van der Waals surface area contributed by atoms with Crippen LogP contribution in [0.3, 0.4) is 0 Å². The first-order valence-electron chi connectivity index (χ1n) is 4.55. The fourth-order valence-electron chi connectivity index (χ4n) is 1.56. The van der Waals surface area contributed by atoms with Crippen molar-refractivity contribution in [2.45, 2.75) is 57.9 Å². The van der Waals surface area contributed by atoms with E-state index in [1.54, 1.807) is 27.7 Å². The molecule has 1 fully saturated rings. The second-order valence-corrected chi connectivity index (χ2v) is 4.05. The van der Waals surface area contributed by atoms with Crippen LogP contribution in [0.1, 0.15) is 27.7 Å². The number of hydrogen-bond acceptors (Lipinski definition) is 4. The number of aliphatic hydroxyl groups excluding tert-OH is 2. The molecule has 2 N–H and O–H groups in total. The third kappa shape index (κ3) is 2.40. The Kier molecular flexibility index (Phi) is 2.97. The van der Waals surface area contributed by atoms with Crippen molar-refractivity contribution in [3.63, 3.8) is 0 Å². The molecule has 0 bridgehead atoms. The lowest BCUT2D eigenvalue weighted by atomic mass is 10.1. The Morgan fingerprint density at radius 2 is 1.31 bits per heavy atom. The van der Waals surface area contributed by atoms with Crippen molar-refractivity contribution in [3.8, 4) is 0 Å². The van der Waals surface area contributed by atoms with Gasteiger partial charge in [-0.3, -0.25) is 0 Å². The van der Waals surface area contributed by atoms with Gasteiger partial charge in [0.25, 0.3) is 0 Å². The minimum Gasteiger partial charge on any atom is -0.391 e. The van der Waals surface area contributed by atoms with Crippen LogP contribution in [0.25, 0.3) is 0 Å². The van der Waals surface area contributed by atoms with E-state index in [2.05, 4.69) is 0 Å². The maximum absolute atomic E-state index is 9.39. The number of aliphatic hydroxyl groups is 2. The molecule has 0 unspecified atom stereocenters. The quantitative estimate of drug-likeness (QED) is 0.656. The molecule has 1 aliphatic heterocycles. The Labute approximate surface area is 78.5 Å². The minimum atomic E-state index is -0.719. The van der Waals surface area contributed by atoms with Crippen LogP contribution < -0.4 is 0 Å². The van der Waals surface area contributed by atoms with E-state index in [-0.39, 0.29) is 0 Å². The van der Waals surface area contributed by atoms with Crippen molar-refractivity contribution in [1.29, 1.82) is 0 Å². The molecular weight excluding hydrogens is 172 g/mol. The topological polar surface area (TPSA) is 58.9 Å². The van der Waals surface area contributed by atoms with Gasteiger partial charge in [0.15, 0.2) is 5.79 Å². The van der Waals surface area contributed by atoms with E-state index in [1.165, 1.54) is 0 Å². The van der Waals surface area contributed by atoms with Gasteiger partial charge in [-0.1, -0.05) is 0 Å². The Hall–Kier alpha value is -0.160. The molecule has 0 saturated carbocycles. The summed E-state index contributed by atoms with van der Waals surface area (Å²) in [4.78, 5) is 0. The van der Waals surface area contributed by atoms with Gasteiger partial charge in [0.2, 0.25) is 0 Å². The predicted octanol–water partition coefficient (Wildman–Crippen LogP) is 0.268. The largest absolute Gasteiger partial charge is 0.391 e.